The number of fused-ring (bicyclic) bond motifs is 1. The van der Waals surface area contributed by atoms with E-state index in [2.05, 4.69) is 39.4 Å². The maximum atomic E-state index is 6.18. The summed E-state index contributed by atoms with van der Waals surface area (Å²) >= 11 is 6.18. The number of rotatable bonds is 4. The molecule has 0 aliphatic carbocycles. The van der Waals surface area contributed by atoms with Gasteiger partial charge in [-0.05, 0) is 26.0 Å². The number of halogens is 1. The number of hydrogen-bond donors (Lipinski definition) is 2. The summed E-state index contributed by atoms with van der Waals surface area (Å²) in [6, 6.07) is 3.61. The Balaban J connectivity index is 2.62. The van der Waals surface area contributed by atoms with Crippen LogP contribution in [-0.2, 0) is 0 Å². The molecule has 103 valence electrons. The van der Waals surface area contributed by atoms with Crippen molar-refractivity contribution in [2.45, 2.75) is 13.8 Å². The van der Waals surface area contributed by atoms with E-state index in [1.807, 2.05) is 19.9 Å². The van der Waals surface area contributed by atoms with Gasteiger partial charge in [0.15, 0.2) is 11.6 Å². The van der Waals surface area contributed by atoms with Gasteiger partial charge in [0.05, 0.1) is 16.1 Å². The molecule has 2 rings (SSSR count). The first-order valence-electron chi connectivity index (χ1n) is 6.46. The summed E-state index contributed by atoms with van der Waals surface area (Å²) in [7, 11) is 0. The summed E-state index contributed by atoms with van der Waals surface area (Å²) in [6.07, 6.45) is 0. The quantitative estimate of drug-likeness (QED) is 0.847. The Bertz CT molecular complexity index is 686. The van der Waals surface area contributed by atoms with E-state index in [-0.39, 0.29) is 0 Å². The van der Waals surface area contributed by atoms with Crippen LogP contribution in [0, 0.1) is 18.8 Å². The van der Waals surface area contributed by atoms with Crippen molar-refractivity contribution in [3.63, 3.8) is 0 Å². The molecule has 0 aliphatic rings. The molecule has 0 unspecified atom stereocenters. The number of aromatic nitrogens is 2. The lowest BCUT2D eigenvalue weighted by Gasteiger charge is -2.11. The lowest BCUT2D eigenvalue weighted by molar-refractivity contribution is 1.12. The molecule has 5 heteroatoms. The van der Waals surface area contributed by atoms with Gasteiger partial charge in [-0.3, -0.25) is 0 Å². The highest BCUT2D eigenvalue weighted by atomic mass is 35.5. The third-order valence-electron chi connectivity index (χ3n) is 2.66. The van der Waals surface area contributed by atoms with Gasteiger partial charge in [0.25, 0.3) is 0 Å². The lowest BCUT2D eigenvalue weighted by atomic mass is 10.2. The second kappa shape index (κ2) is 6.44. The Hall–Kier alpha value is -1.99. The van der Waals surface area contributed by atoms with Crippen molar-refractivity contribution in [2.75, 3.05) is 23.7 Å². The molecule has 0 atom stereocenters. The van der Waals surface area contributed by atoms with Crippen LogP contribution >= 0.6 is 11.6 Å². The highest BCUT2D eigenvalue weighted by Crippen LogP contribution is 2.26. The maximum Gasteiger partial charge on any atom is 0.169 e. The van der Waals surface area contributed by atoms with Crippen molar-refractivity contribution >= 4 is 34.3 Å². The molecule has 0 saturated heterocycles. The van der Waals surface area contributed by atoms with Crippen LogP contribution in [0.3, 0.4) is 0 Å². The number of hydrogen-bond acceptors (Lipinski definition) is 4. The minimum absolute atomic E-state index is 0.557. The number of nitrogens with one attached hydrogen (secondary N) is 2. The molecule has 0 aliphatic heterocycles. The Kier molecular flexibility index (Phi) is 4.65. The zero-order valence-corrected chi connectivity index (χ0v) is 12.3. The first-order valence-corrected chi connectivity index (χ1v) is 6.84. The molecule has 0 fully saturated rings. The minimum atomic E-state index is 0.557. The molecule has 20 heavy (non-hydrogen) atoms. The molecular weight excluding hydrogens is 272 g/mol. The van der Waals surface area contributed by atoms with E-state index in [0.717, 1.165) is 35.8 Å². The second-order valence-electron chi connectivity index (χ2n) is 4.10. The summed E-state index contributed by atoms with van der Waals surface area (Å²) in [5, 5.41) is 6.95. The molecule has 0 saturated carbocycles. The fourth-order valence-electron chi connectivity index (χ4n) is 1.85. The van der Waals surface area contributed by atoms with Gasteiger partial charge in [-0.1, -0.05) is 23.4 Å². The third-order valence-corrected chi connectivity index (χ3v) is 2.98. The first kappa shape index (κ1) is 14.4. The number of benzene rings is 1. The predicted molar refractivity (Wildman–Crippen MR) is 85.1 cm³/mol. The van der Waals surface area contributed by atoms with E-state index in [0.29, 0.717) is 10.6 Å². The van der Waals surface area contributed by atoms with Gasteiger partial charge in [-0.2, -0.15) is 0 Å². The van der Waals surface area contributed by atoms with Crippen molar-refractivity contribution in [3.8, 4) is 11.8 Å². The average Bonchev–Trinajstić information content (AvgIpc) is 2.42. The summed E-state index contributed by atoms with van der Waals surface area (Å²) in [6.45, 7) is 9.09. The smallest absolute Gasteiger partial charge is 0.169 e. The lowest BCUT2D eigenvalue weighted by Crippen LogP contribution is -2.08. The van der Waals surface area contributed by atoms with E-state index < -0.39 is 0 Å². The van der Waals surface area contributed by atoms with Crippen LogP contribution < -0.4 is 10.6 Å². The van der Waals surface area contributed by atoms with Crippen molar-refractivity contribution in [1.29, 1.82) is 0 Å². The van der Waals surface area contributed by atoms with Crippen LogP contribution in [0.4, 0.5) is 11.6 Å². The normalized spacial score (nSPS) is 10.0. The highest BCUT2D eigenvalue weighted by molar-refractivity contribution is 6.32. The molecule has 2 N–H and O–H groups in total. The summed E-state index contributed by atoms with van der Waals surface area (Å²) in [5.41, 5.74) is 2.20. The molecule has 1 aromatic carbocycles. The fourth-order valence-corrected chi connectivity index (χ4v) is 2.05. The van der Waals surface area contributed by atoms with Crippen LogP contribution in [0.25, 0.3) is 11.0 Å². The van der Waals surface area contributed by atoms with Crippen LogP contribution in [0.2, 0.25) is 5.02 Å². The molecule has 1 radical (unpaired) electrons. The van der Waals surface area contributed by atoms with E-state index in [4.69, 9.17) is 11.6 Å². The van der Waals surface area contributed by atoms with Gasteiger partial charge in [0.1, 0.15) is 0 Å². The van der Waals surface area contributed by atoms with E-state index in [9.17, 15) is 0 Å². The minimum Gasteiger partial charge on any atom is -0.367 e. The van der Waals surface area contributed by atoms with Gasteiger partial charge in [0, 0.05) is 25.6 Å². The van der Waals surface area contributed by atoms with E-state index in [1.54, 1.807) is 6.07 Å². The molecule has 4 nitrogen and oxygen atoms in total. The summed E-state index contributed by atoms with van der Waals surface area (Å²) in [4.78, 5) is 9.15. The van der Waals surface area contributed by atoms with Crippen LogP contribution in [0.15, 0.2) is 12.1 Å². The molecule has 1 aromatic heterocycles. The Labute approximate surface area is 124 Å². The highest BCUT2D eigenvalue weighted by Gasteiger charge is 2.10. The Morgan fingerprint density at radius 1 is 1.10 bits per heavy atom. The third kappa shape index (κ3) is 2.94. The molecular formula is C15H16ClN4. The van der Waals surface area contributed by atoms with Crippen LogP contribution in [-0.4, -0.2) is 23.1 Å². The molecule has 0 amide bonds. The van der Waals surface area contributed by atoms with E-state index in [1.165, 1.54) is 0 Å². The summed E-state index contributed by atoms with van der Waals surface area (Å²) < 4.78 is 0. The molecule has 0 bridgehead atoms. The zero-order valence-electron chi connectivity index (χ0n) is 11.5. The Morgan fingerprint density at radius 2 is 1.65 bits per heavy atom. The van der Waals surface area contributed by atoms with E-state index >= 15 is 0 Å². The zero-order chi connectivity index (χ0) is 14.5. The van der Waals surface area contributed by atoms with Gasteiger partial charge >= 0.3 is 0 Å². The molecule has 0 spiro atoms. The fraction of sp³-hybridized carbons (Fsp3) is 0.267. The second-order valence-corrected chi connectivity index (χ2v) is 4.51. The molecule has 2 aromatic rings. The van der Waals surface area contributed by atoms with Crippen molar-refractivity contribution in [1.82, 2.24) is 9.97 Å². The first-order chi connectivity index (χ1) is 9.69. The predicted octanol–water partition coefficient (Wildman–Crippen LogP) is 3.33. The number of anilines is 2. The Morgan fingerprint density at radius 3 is 2.15 bits per heavy atom. The van der Waals surface area contributed by atoms with Gasteiger partial charge in [0.2, 0.25) is 0 Å². The van der Waals surface area contributed by atoms with Crippen molar-refractivity contribution in [2.24, 2.45) is 0 Å². The van der Waals surface area contributed by atoms with Crippen LogP contribution in [0.1, 0.15) is 19.4 Å². The van der Waals surface area contributed by atoms with Gasteiger partial charge < -0.3 is 10.6 Å². The van der Waals surface area contributed by atoms with Crippen molar-refractivity contribution in [3.05, 3.63) is 29.6 Å². The standard InChI is InChI=1S/C15H16ClN4/c1-4-7-10-8-12-13(9-11(10)16)20-15(18-6-3)14(19-12)17-5-2/h8-9H,1,5-6H2,2-3H3,(H,17,19)(H,18,20). The van der Waals surface area contributed by atoms with Gasteiger partial charge in [-0.15, -0.1) is 0 Å². The van der Waals surface area contributed by atoms with Crippen LogP contribution in [0.5, 0.6) is 0 Å². The average molecular weight is 288 g/mol. The summed E-state index contributed by atoms with van der Waals surface area (Å²) in [5.74, 6) is 6.93. The largest absolute Gasteiger partial charge is 0.367 e. The van der Waals surface area contributed by atoms with Gasteiger partial charge in [-0.25, -0.2) is 9.97 Å². The molecule has 1 heterocycles. The maximum absolute atomic E-state index is 6.18. The monoisotopic (exact) mass is 287 g/mol. The topological polar surface area (TPSA) is 49.8 Å². The number of nitrogens with zero attached hydrogens (tertiary/aromatic N) is 2. The van der Waals surface area contributed by atoms with Crippen molar-refractivity contribution < 1.29 is 0 Å². The SMILES string of the molecule is [CH2]C#Cc1cc2nc(NCC)c(NCC)nc2cc1Cl.